The molecule has 7 aliphatic heterocycles. The van der Waals surface area contributed by atoms with E-state index in [0.29, 0.717) is 0 Å². The maximum Gasteiger partial charge on any atom is 0.228 e. The maximum atomic E-state index is 3.56. The number of rotatable bonds is 0. The van der Waals surface area contributed by atoms with Gasteiger partial charge in [-0.25, -0.2) is 15.0 Å². The number of nitrogens with one attached hydrogen (secondary N) is 6. The summed E-state index contributed by atoms with van der Waals surface area (Å²) in [6.45, 7) is 0. The van der Waals surface area contributed by atoms with Gasteiger partial charge in [-0.3, -0.25) is 0 Å². The van der Waals surface area contributed by atoms with Gasteiger partial charge in [0.2, 0.25) is 34.2 Å². The molecule has 7 aliphatic rings. The summed E-state index contributed by atoms with van der Waals surface area (Å²) < 4.78 is 0. The van der Waals surface area contributed by atoms with Crippen molar-refractivity contribution in [1.82, 2.24) is 16.0 Å². The second-order valence-corrected chi connectivity index (χ2v) is 8.29. The summed E-state index contributed by atoms with van der Waals surface area (Å²) in [5, 5.41) is 10.7. The second kappa shape index (κ2) is 6.90. The smallest absolute Gasteiger partial charge is 0.228 e. The van der Waals surface area contributed by atoms with Crippen LogP contribution < -0.4 is 30.9 Å². The van der Waals surface area contributed by atoms with Gasteiger partial charge in [0.25, 0.3) is 0 Å². The molecule has 7 heterocycles. The monoisotopic (exact) mass is 429 g/mol. The predicted molar refractivity (Wildman–Crippen MR) is 127 cm³/mol. The van der Waals surface area contributed by atoms with Gasteiger partial charge in [-0.2, -0.15) is 0 Å². The zero-order valence-electron chi connectivity index (χ0n) is 17.7. The molecule has 7 rings (SSSR count). The Bertz CT molecular complexity index is 1320. The zero-order valence-corrected chi connectivity index (χ0v) is 17.7. The summed E-state index contributed by atoms with van der Waals surface area (Å²) >= 11 is 0. The molecule has 0 amide bonds. The molecule has 6 nitrogen and oxygen atoms in total. The van der Waals surface area contributed by atoms with E-state index in [1.165, 1.54) is 0 Å². The molecule has 12 bridgehead atoms. The van der Waals surface area contributed by atoms with E-state index in [0.717, 1.165) is 68.4 Å². The van der Waals surface area contributed by atoms with Gasteiger partial charge >= 0.3 is 0 Å². The highest BCUT2D eigenvalue weighted by Crippen LogP contribution is 2.16. The van der Waals surface area contributed by atoms with Crippen molar-refractivity contribution in [2.45, 2.75) is 0 Å². The maximum absolute atomic E-state index is 3.56. The summed E-state index contributed by atoms with van der Waals surface area (Å²) in [5.74, 6) is 0. The topological polar surface area (TPSA) is 78.0 Å². The lowest BCUT2D eigenvalue weighted by molar-refractivity contribution is -0.388. The van der Waals surface area contributed by atoms with Crippen LogP contribution >= 0.6 is 0 Å². The molecule has 6 N–H and O–H groups in total. The fourth-order valence-electron chi connectivity index (χ4n) is 4.48. The number of hydrogen-bond acceptors (Lipinski definition) is 3. The van der Waals surface area contributed by atoms with E-state index in [1.54, 1.807) is 0 Å². The fourth-order valence-corrected chi connectivity index (χ4v) is 4.48. The lowest BCUT2D eigenvalue weighted by Crippen LogP contribution is -2.71. The van der Waals surface area contributed by atoms with Crippen molar-refractivity contribution in [1.29, 1.82) is 0 Å². The number of hydrogen-bond donors (Lipinski definition) is 6. The van der Waals surface area contributed by atoms with Crippen molar-refractivity contribution >= 4 is 17.1 Å². The minimum atomic E-state index is 1.02. The Balaban J connectivity index is 1.39. The number of fused-ring (bicyclic) bond motifs is 12. The molecule has 33 heavy (non-hydrogen) atoms. The van der Waals surface area contributed by atoms with E-state index in [1.807, 2.05) is 0 Å². The van der Waals surface area contributed by atoms with E-state index in [9.17, 15) is 0 Å². The van der Waals surface area contributed by atoms with Crippen LogP contribution in [0.25, 0.3) is 0 Å². The van der Waals surface area contributed by atoms with E-state index < -0.39 is 0 Å². The first-order valence-electron chi connectivity index (χ1n) is 11.0. The van der Waals surface area contributed by atoms with E-state index in [-0.39, 0.29) is 0 Å². The van der Waals surface area contributed by atoms with Crippen molar-refractivity contribution in [3.8, 4) is 0 Å². The van der Waals surface area contributed by atoms with Crippen LogP contribution in [0.1, 0.15) is 0 Å². The first-order chi connectivity index (χ1) is 16.3. The van der Waals surface area contributed by atoms with Crippen LogP contribution in [0.3, 0.4) is 0 Å². The molecule has 0 spiro atoms. The van der Waals surface area contributed by atoms with Crippen LogP contribution in [0, 0.1) is 0 Å². The zero-order chi connectivity index (χ0) is 21.8. The van der Waals surface area contributed by atoms with Crippen molar-refractivity contribution in [3.05, 3.63) is 142 Å². The van der Waals surface area contributed by atoms with Crippen LogP contribution in [-0.4, -0.2) is 17.1 Å². The first-order valence-corrected chi connectivity index (χ1v) is 11.0. The lowest BCUT2D eigenvalue weighted by Gasteiger charge is -2.12. The molecule has 0 aromatic heterocycles. The highest BCUT2D eigenvalue weighted by molar-refractivity contribution is 6.08. The first kappa shape index (κ1) is 17.9. The van der Waals surface area contributed by atoms with Crippen LogP contribution in [0.5, 0.6) is 0 Å². The Kier molecular flexibility index (Phi) is 3.75. The SMILES string of the molecule is C1=CC2=C3C=CC(=[NH+]3)C3=CC=CC(=C4C=CC(=[NH+]4)C4=CC=CC(=C5C=CC(=[NH+]5)C(=C1)N2)N4)N3. The summed E-state index contributed by atoms with van der Waals surface area (Å²) in [4.78, 5) is 10.7. The molecule has 0 radical (unpaired) electrons. The lowest BCUT2D eigenvalue weighted by atomic mass is 10.1. The molecular weight excluding hydrogens is 408 g/mol. The van der Waals surface area contributed by atoms with Gasteiger partial charge < -0.3 is 16.0 Å². The Morgan fingerprint density at radius 2 is 0.727 bits per heavy atom. The summed E-state index contributed by atoms with van der Waals surface area (Å²) in [6, 6.07) is 0. The van der Waals surface area contributed by atoms with Gasteiger partial charge in [0.15, 0.2) is 0 Å². The molecule has 0 unspecified atom stereocenters. The van der Waals surface area contributed by atoms with Crippen molar-refractivity contribution in [2.75, 3.05) is 0 Å². The number of allylic oxidation sites excluding steroid dienone is 15. The normalized spacial score (nSPS) is 23.3. The third kappa shape index (κ3) is 3.00. The van der Waals surface area contributed by atoms with E-state index in [4.69, 9.17) is 0 Å². The Morgan fingerprint density at radius 1 is 0.394 bits per heavy atom. The van der Waals surface area contributed by atoms with Crippen LogP contribution in [0.4, 0.5) is 0 Å². The van der Waals surface area contributed by atoms with Crippen molar-refractivity contribution in [3.63, 3.8) is 0 Å². The van der Waals surface area contributed by atoms with Gasteiger partial charge in [0.1, 0.15) is 34.2 Å². The highest BCUT2D eigenvalue weighted by atomic mass is 15.0. The quantitative estimate of drug-likeness (QED) is 0.253. The average molecular weight is 430 g/mol. The minimum absolute atomic E-state index is 1.02. The molecule has 0 saturated carbocycles. The molecular formula is C27H21N6+3. The van der Waals surface area contributed by atoms with Gasteiger partial charge in [-0.05, 0) is 36.5 Å². The summed E-state index contributed by atoms with van der Waals surface area (Å²) in [6.07, 6.45) is 31.3. The molecule has 156 valence electrons. The summed E-state index contributed by atoms with van der Waals surface area (Å²) in [7, 11) is 0. The van der Waals surface area contributed by atoms with Crippen LogP contribution in [-0.2, 0) is 0 Å². The van der Waals surface area contributed by atoms with Crippen LogP contribution in [0.15, 0.2) is 142 Å². The Morgan fingerprint density at radius 3 is 1.06 bits per heavy atom. The van der Waals surface area contributed by atoms with Crippen molar-refractivity contribution in [2.24, 2.45) is 0 Å². The van der Waals surface area contributed by atoms with Gasteiger partial charge in [-0.15, -0.1) is 0 Å². The fraction of sp³-hybridized carbons (Fsp3) is 0. The average Bonchev–Trinajstić information content (AvgIpc) is 3.65. The molecule has 0 aromatic rings. The third-order valence-electron chi connectivity index (χ3n) is 6.18. The third-order valence-corrected chi connectivity index (χ3v) is 6.18. The Hall–Kier alpha value is -4.71. The summed E-state index contributed by atoms with van der Waals surface area (Å²) in [5.41, 5.74) is 12.3. The Labute approximate surface area is 190 Å². The van der Waals surface area contributed by atoms with E-state index >= 15 is 0 Å². The van der Waals surface area contributed by atoms with Crippen molar-refractivity contribution < 1.29 is 15.0 Å². The molecule has 0 saturated heterocycles. The second-order valence-electron chi connectivity index (χ2n) is 8.29. The minimum Gasteiger partial charge on any atom is -0.345 e. The predicted octanol–water partition coefficient (Wildman–Crippen LogP) is -1.96. The van der Waals surface area contributed by atoms with Gasteiger partial charge in [-0.1, -0.05) is 18.2 Å². The van der Waals surface area contributed by atoms with Gasteiger partial charge in [0.05, 0.1) is 0 Å². The highest BCUT2D eigenvalue weighted by Gasteiger charge is 2.28. The molecule has 0 aromatic carbocycles. The van der Waals surface area contributed by atoms with Gasteiger partial charge in [0, 0.05) is 36.5 Å². The standard InChI is InChI=1S/C27H18N6/c1-4-16-22-10-12-24(31-22)18-6-2-8-20(29-18)26-14-15-27(33-26)21-9-3-7-19(30-21)25-13-11-23(32-25)17(5-1)28-16/h1-15,28-30H/p+3. The molecule has 0 atom stereocenters. The largest absolute Gasteiger partial charge is 0.345 e. The molecule has 0 aliphatic carbocycles. The molecule has 0 fully saturated rings. The number of dihydropyridines is 3. The van der Waals surface area contributed by atoms with Crippen LogP contribution in [0.2, 0.25) is 0 Å². The van der Waals surface area contributed by atoms with E-state index in [2.05, 4.69) is 122 Å². The molecule has 6 heteroatoms.